The molecular formula is C29H47N3O5. The lowest BCUT2D eigenvalue weighted by Gasteiger charge is -2.38. The molecule has 0 aromatic heterocycles. The average Bonchev–Trinajstić information content (AvgIpc) is 2.77. The van der Waals surface area contributed by atoms with Gasteiger partial charge in [0.2, 0.25) is 11.8 Å². The number of carbonyl (C=O) groups excluding carboxylic acids is 3. The van der Waals surface area contributed by atoms with Crippen LogP contribution in [0.25, 0.3) is 0 Å². The molecule has 0 radical (unpaired) electrons. The molecule has 2 unspecified atom stereocenters. The third-order valence-corrected chi connectivity index (χ3v) is 6.55. The highest BCUT2D eigenvalue weighted by Crippen LogP contribution is 2.34. The van der Waals surface area contributed by atoms with Gasteiger partial charge in [0.15, 0.2) is 0 Å². The molecule has 8 nitrogen and oxygen atoms in total. The van der Waals surface area contributed by atoms with Crippen molar-refractivity contribution in [2.75, 3.05) is 0 Å². The molecule has 2 atom stereocenters. The van der Waals surface area contributed by atoms with Gasteiger partial charge < -0.3 is 25.4 Å². The second kappa shape index (κ2) is 13.2. The van der Waals surface area contributed by atoms with Crippen molar-refractivity contribution >= 4 is 17.9 Å². The first-order chi connectivity index (χ1) is 17.2. The van der Waals surface area contributed by atoms with Gasteiger partial charge in [0.1, 0.15) is 23.4 Å². The maximum absolute atomic E-state index is 14.1. The molecule has 8 heteroatoms. The van der Waals surface area contributed by atoms with Crippen LogP contribution in [0.15, 0.2) is 18.2 Å². The first-order valence-electron chi connectivity index (χ1n) is 13.6. The second-order valence-electron chi connectivity index (χ2n) is 11.9. The smallest absolute Gasteiger partial charge is 0.408 e. The van der Waals surface area contributed by atoms with E-state index in [1.54, 1.807) is 45.9 Å². The van der Waals surface area contributed by atoms with Crippen molar-refractivity contribution in [2.45, 2.75) is 124 Å². The van der Waals surface area contributed by atoms with Crippen molar-refractivity contribution in [1.82, 2.24) is 15.5 Å². The molecule has 3 amide bonds. The van der Waals surface area contributed by atoms with E-state index in [0.717, 1.165) is 32.1 Å². The summed E-state index contributed by atoms with van der Waals surface area (Å²) < 4.78 is 5.43. The highest BCUT2D eigenvalue weighted by atomic mass is 16.6. The van der Waals surface area contributed by atoms with Gasteiger partial charge in [-0.05, 0) is 72.3 Å². The molecular weight excluding hydrogens is 470 g/mol. The van der Waals surface area contributed by atoms with Gasteiger partial charge in [-0.2, -0.15) is 0 Å². The normalized spacial score (nSPS) is 16.3. The lowest BCUT2D eigenvalue weighted by atomic mass is 9.93. The Labute approximate surface area is 222 Å². The number of nitrogens with zero attached hydrogens (tertiary/aromatic N) is 1. The molecule has 1 aromatic carbocycles. The Hall–Kier alpha value is -2.77. The van der Waals surface area contributed by atoms with Crippen LogP contribution in [-0.4, -0.2) is 51.6 Å². The predicted molar refractivity (Wildman–Crippen MR) is 145 cm³/mol. The summed E-state index contributed by atoms with van der Waals surface area (Å²) in [6, 6.07) is 2.94. The number of benzene rings is 1. The van der Waals surface area contributed by atoms with E-state index in [1.165, 1.54) is 4.90 Å². The van der Waals surface area contributed by atoms with E-state index in [4.69, 9.17) is 4.74 Å². The van der Waals surface area contributed by atoms with E-state index in [0.29, 0.717) is 17.5 Å². The maximum Gasteiger partial charge on any atom is 0.408 e. The number of alkyl carbamates (subject to hydrolysis) is 1. The topological polar surface area (TPSA) is 108 Å². The summed E-state index contributed by atoms with van der Waals surface area (Å²) in [6.45, 7) is 14.7. The number of phenols is 1. The quantitative estimate of drug-likeness (QED) is 0.408. The fraction of sp³-hybridized carbons (Fsp3) is 0.690. The Kier molecular flexibility index (Phi) is 10.8. The minimum Gasteiger partial charge on any atom is -0.507 e. The van der Waals surface area contributed by atoms with Gasteiger partial charge >= 0.3 is 6.09 Å². The van der Waals surface area contributed by atoms with Crippen LogP contribution in [0.5, 0.6) is 5.75 Å². The SMILES string of the molecule is Cc1cccc(C(C(=O)NC2CCCCC2)N(C(=O)C(CC(C)C)NC(=O)OC(C)(C)C)C(C)C)c1O. The Morgan fingerprint density at radius 1 is 1.08 bits per heavy atom. The number of para-hydroxylation sites is 1. The Morgan fingerprint density at radius 2 is 1.70 bits per heavy atom. The van der Waals surface area contributed by atoms with E-state index < -0.39 is 23.8 Å². The molecule has 1 aromatic rings. The van der Waals surface area contributed by atoms with Crippen molar-refractivity contribution in [2.24, 2.45) is 5.92 Å². The van der Waals surface area contributed by atoms with Crippen LogP contribution in [-0.2, 0) is 14.3 Å². The number of phenolic OH excluding ortho intramolecular Hbond substituents is 1. The highest BCUT2D eigenvalue weighted by molar-refractivity contribution is 5.93. The average molecular weight is 518 g/mol. The van der Waals surface area contributed by atoms with Crippen LogP contribution in [0, 0.1) is 12.8 Å². The van der Waals surface area contributed by atoms with Gasteiger partial charge in [-0.25, -0.2) is 4.79 Å². The number of aryl methyl sites for hydroxylation is 1. The zero-order valence-corrected chi connectivity index (χ0v) is 23.9. The van der Waals surface area contributed by atoms with Gasteiger partial charge in [0, 0.05) is 17.6 Å². The maximum atomic E-state index is 14.1. The van der Waals surface area contributed by atoms with Gasteiger partial charge in [0.25, 0.3) is 0 Å². The van der Waals surface area contributed by atoms with E-state index in [9.17, 15) is 19.5 Å². The molecule has 0 aliphatic heterocycles. The largest absolute Gasteiger partial charge is 0.507 e. The number of amides is 3. The van der Waals surface area contributed by atoms with Crippen LogP contribution in [0.3, 0.4) is 0 Å². The molecule has 1 aliphatic rings. The standard InChI is InChI=1S/C29H47N3O5/c1-18(2)17-23(31-28(36)37-29(6,7)8)27(35)32(19(3)4)24(22-16-12-13-20(5)25(22)33)26(34)30-21-14-10-9-11-15-21/h12-13,16,18-19,21,23-24,33H,9-11,14-15,17H2,1-8H3,(H,30,34)(H,31,36). The summed E-state index contributed by atoms with van der Waals surface area (Å²) in [4.78, 5) is 42.1. The van der Waals surface area contributed by atoms with E-state index in [-0.39, 0.29) is 35.6 Å². The Balaban J connectivity index is 2.50. The lowest BCUT2D eigenvalue weighted by molar-refractivity contribution is -0.145. The minimum absolute atomic E-state index is 0.00902. The zero-order valence-electron chi connectivity index (χ0n) is 23.9. The van der Waals surface area contributed by atoms with Crippen molar-refractivity contribution < 1.29 is 24.2 Å². The third-order valence-electron chi connectivity index (χ3n) is 6.55. The van der Waals surface area contributed by atoms with Crippen LogP contribution in [0.4, 0.5) is 4.79 Å². The number of hydrogen-bond donors (Lipinski definition) is 3. The van der Waals surface area contributed by atoms with Crippen LogP contribution in [0.2, 0.25) is 0 Å². The van der Waals surface area contributed by atoms with Crippen LogP contribution < -0.4 is 10.6 Å². The molecule has 1 saturated carbocycles. The Morgan fingerprint density at radius 3 is 2.24 bits per heavy atom. The summed E-state index contributed by atoms with van der Waals surface area (Å²) in [7, 11) is 0. The summed E-state index contributed by atoms with van der Waals surface area (Å²) in [5.41, 5.74) is 0.272. The van der Waals surface area contributed by atoms with Crippen molar-refractivity contribution in [3.63, 3.8) is 0 Å². The number of carbonyl (C=O) groups is 3. The van der Waals surface area contributed by atoms with Crippen molar-refractivity contribution in [3.8, 4) is 5.75 Å². The van der Waals surface area contributed by atoms with E-state index in [2.05, 4.69) is 10.6 Å². The van der Waals surface area contributed by atoms with Gasteiger partial charge in [-0.15, -0.1) is 0 Å². The van der Waals surface area contributed by atoms with Crippen LogP contribution >= 0.6 is 0 Å². The van der Waals surface area contributed by atoms with Gasteiger partial charge in [-0.3, -0.25) is 9.59 Å². The fourth-order valence-corrected chi connectivity index (χ4v) is 4.85. The molecule has 0 bridgehead atoms. The number of aromatic hydroxyl groups is 1. The summed E-state index contributed by atoms with van der Waals surface area (Å²) in [5.74, 6) is -0.625. The summed E-state index contributed by atoms with van der Waals surface area (Å²) in [6.07, 6.45) is 4.73. The highest BCUT2D eigenvalue weighted by Gasteiger charge is 2.39. The Bertz CT molecular complexity index is 932. The first kappa shape index (κ1) is 30.5. The third kappa shape index (κ3) is 8.93. The van der Waals surface area contributed by atoms with E-state index in [1.807, 2.05) is 27.7 Å². The molecule has 37 heavy (non-hydrogen) atoms. The minimum atomic E-state index is -1.05. The summed E-state index contributed by atoms with van der Waals surface area (Å²) >= 11 is 0. The number of ether oxygens (including phenoxy) is 1. The molecule has 2 rings (SSSR count). The van der Waals surface area contributed by atoms with Gasteiger partial charge in [0.05, 0.1) is 0 Å². The zero-order chi connectivity index (χ0) is 27.9. The monoisotopic (exact) mass is 517 g/mol. The van der Waals surface area contributed by atoms with E-state index >= 15 is 0 Å². The summed E-state index contributed by atoms with van der Waals surface area (Å²) in [5, 5.41) is 16.9. The van der Waals surface area contributed by atoms with Gasteiger partial charge in [-0.1, -0.05) is 51.3 Å². The molecule has 1 aliphatic carbocycles. The second-order valence-corrected chi connectivity index (χ2v) is 11.9. The molecule has 1 fully saturated rings. The molecule has 208 valence electrons. The molecule has 0 spiro atoms. The lowest BCUT2D eigenvalue weighted by Crippen LogP contribution is -2.56. The number of rotatable bonds is 9. The molecule has 0 saturated heterocycles. The number of hydrogen-bond acceptors (Lipinski definition) is 5. The fourth-order valence-electron chi connectivity index (χ4n) is 4.85. The van der Waals surface area contributed by atoms with Crippen molar-refractivity contribution in [1.29, 1.82) is 0 Å². The molecule has 3 N–H and O–H groups in total. The number of nitrogens with one attached hydrogen (secondary N) is 2. The van der Waals surface area contributed by atoms with Crippen molar-refractivity contribution in [3.05, 3.63) is 29.3 Å². The first-order valence-corrected chi connectivity index (χ1v) is 13.6. The van der Waals surface area contributed by atoms with Crippen LogP contribution in [0.1, 0.15) is 104 Å². The molecule has 0 heterocycles. The predicted octanol–water partition coefficient (Wildman–Crippen LogP) is 5.37.